The Hall–Kier alpha value is -3.71. The van der Waals surface area contributed by atoms with E-state index in [0.29, 0.717) is 36.2 Å². The van der Waals surface area contributed by atoms with Crippen LogP contribution in [0.15, 0.2) is 66.7 Å². The smallest absolute Gasteiger partial charge is 0.228 e. The van der Waals surface area contributed by atoms with Crippen molar-refractivity contribution in [1.82, 2.24) is 4.90 Å². The quantitative estimate of drug-likeness (QED) is 0.243. The third-order valence-electron chi connectivity index (χ3n) is 8.18. The molecule has 222 valence electrons. The predicted molar refractivity (Wildman–Crippen MR) is 158 cm³/mol. The second kappa shape index (κ2) is 14.0. The van der Waals surface area contributed by atoms with Crippen molar-refractivity contribution in [2.24, 2.45) is 17.8 Å². The fourth-order valence-corrected chi connectivity index (χ4v) is 6.20. The maximum absolute atomic E-state index is 14.1. The van der Waals surface area contributed by atoms with Crippen molar-refractivity contribution in [2.75, 3.05) is 6.54 Å². The lowest BCUT2D eigenvalue weighted by molar-refractivity contribution is -0.148. The minimum atomic E-state index is -1.22. The number of halogens is 2. The lowest BCUT2D eigenvalue weighted by Crippen LogP contribution is -2.50. The highest BCUT2D eigenvalue weighted by molar-refractivity contribution is 6.01. The van der Waals surface area contributed by atoms with Gasteiger partial charge in [-0.2, -0.15) is 0 Å². The first kappa shape index (κ1) is 31.2. The molecule has 1 aliphatic rings. The van der Waals surface area contributed by atoms with Crippen LogP contribution >= 0.6 is 0 Å². The summed E-state index contributed by atoms with van der Waals surface area (Å²) in [4.78, 5) is 41.2. The van der Waals surface area contributed by atoms with Crippen molar-refractivity contribution in [3.05, 3.63) is 106 Å². The zero-order valence-electron chi connectivity index (χ0n) is 24.5. The number of hydrogen-bond donors (Lipinski definition) is 1. The SMILES string of the molecule is CCC[C@@H]1C[C@@H]([C@@H](O)[C@@H](CC(=O)c2cc(C)cc(C(C)=O)c2)Cc2cc(F)cc(F)c2)C(=O)N(Cc2ccccc2)C1. The van der Waals surface area contributed by atoms with Crippen LogP contribution in [0.4, 0.5) is 8.78 Å². The maximum atomic E-state index is 14.1. The van der Waals surface area contributed by atoms with Crippen LogP contribution in [0.25, 0.3) is 0 Å². The Morgan fingerprint density at radius 1 is 0.976 bits per heavy atom. The van der Waals surface area contributed by atoms with Gasteiger partial charge < -0.3 is 10.0 Å². The number of carbonyl (C=O) groups excluding carboxylic acids is 3. The highest BCUT2D eigenvalue weighted by Crippen LogP contribution is 2.34. The molecule has 0 aromatic heterocycles. The zero-order chi connectivity index (χ0) is 30.4. The lowest BCUT2D eigenvalue weighted by Gasteiger charge is -2.41. The Balaban J connectivity index is 1.66. The van der Waals surface area contributed by atoms with E-state index in [4.69, 9.17) is 0 Å². The van der Waals surface area contributed by atoms with Crippen molar-refractivity contribution in [3.8, 4) is 0 Å². The Labute approximate surface area is 246 Å². The van der Waals surface area contributed by atoms with Crippen LogP contribution in [0.5, 0.6) is 0 Å². The van der Waals surface area contributed by atoms with Crippen LogP contribution < -0.4 is 0 Å². The Bertz CT molecular complexity index is 1400. The maximum Gasteiger partial charge on any atom is 0.228 e. The van der Waals surface area contributed by atoms with E-state index in [2.05, 4.69) is 6.92 Å². The molecular weight excluding hydrogens is 536 g/mol. The van der Waals surface area contributed by atoms with E-state index < -0.39 is 29.6 Å². The number of aryl methyl sites for hydroxylation is 1. The van der Waals surface area contributed by atoms with Gasteiger partial charge in [-0.1, -0.05) is 43.7 Å². The second-order valence-corrected chi connectivity index (χ2v) is 11.7. The van der Waals surface area contributed by atoms with Gasteiger partial charge in [-0.05, 0) is 92.0 Å². The number of aliphatic hydroxyl groups is 1. The minimum absolute atomic E-state index is 0.00782. The van der Waals surface area contributed by atoms with Gasteiger partial charge in [-0.3, -0.25) is 14.4 Å². The molecule has 4 atom stereocenters. The molecule has 0 unspecified atom stereocenters. The van der Waals surface area contributed by atoms with E-state index in [1.807, 2.05) is 30.3 Å². The molecule has 7 heteroatoms. The Morgan fingerprint density at radius 3 is 2.29 bits per heavy atom. The standard InChI is InChI=1S/C35H39F2NO4/c1-4-8-25-16-32(35(42)38(21-25)20-24-9-6-5-7-10-24)34(41)29(13-26-14-30(36)19-31(37)15-26)18-33(40)28-12-22(2)11-27(17-28)23(3)39/h5-7,9-12,14-15,17,19,25,29,32,34,41H,4,8,13,16,18,20-21H2,1-3H3/t25-,29-,32+,34+/m1/s1. The molecule has 5 nitrogen and oxygen atoms in total. The van der Waals surface area contributed by atoms with Crippen molar-refractivity contribution >= 4 is 17.5 Å². The number of carbonyl (C=O) groups is 3. The van der Waals surface area contributed by atoms with Crippen molar-refractivity contribution < 1.29 is 28.3 Å². The Morgan fingerprint density at radius 2 is 1.64 bits per heavy atom. The monoisotopic (exact) mass is 575 g/mol. The molecule has 3 aromatic rings. The van der Waals surface area contributed by atoms with Gasteiger partial charge in [0.15, 0.2) is 11.6 Å². The van der Waals surface area contributed by atoms with Gasteiger partial charge in [-0.25, -0.2) is 8.78 Å². The number of benzene rings is 3. The molecule has 4 rings (SSSR count). The molecular formula is C35H39F2NO4. The lowest BCUT2D eigenvalue weighted by atomic mass is 9.75. The third kappa shape index (κ3) is 7.97. The predicted octanol–water partition coefficient (Wildman–Crippen LogP) is 6.73. The summed E-state index contributed by atoms with van der Waals surface area (Å²) in [6, 6.07) is 17.8. The van der Waals surface area contributed by atoms with Crippen LogP contribution in [-0.2, 0) is 17.8 Å². The topological polar surface area (TPSA) is 74.7 Å². The van der Waals surface area contributed by atoms with Gasteiger partial charge in [0, 0.05) is 36.7 Å². The summed E-state index contributed by atoms with van der Waals surface area (Å²) in [6.07, 6.45) is 0.923. The largest absolute Gasteiger partial charge is 0.392 e. The number of amides is 1. The molecule has 1 saturated heterocycles. The molecule has 42 heavy (non-hydrogen) atoms. The molecule has 1 fully saturated rings. The summed E-state index contributed by atoms with van der Waals surface area (Å²) < 4.78 is 28.2. The van der Waals surface area contributed by atoms with Gasteiger partial charge in [0.05, 0.1) is 12.0 Å². The van der Waals surface area contributed by atoms with E-state index >= 15 is 0 Å². The van der Waals surface area contributed by atoms with Crippen LogP contribution in [-0.4, -0.2) is 40.1 Å². The molecule has 1 aliphatic heterocycles. The van der Waals surface area contributed by atoms with Crippen LogP contribution in [0.1, 0.15) is 76.9 Å². The number of piperidine rings is 1. The number of aliphatic hydroxyl groups excluding tert-OH is 1. The van der Waals surface area contributed by atoms with Crippen LogP contribution in [0.3, 0.4) is 0 Å². The van der Waals surface area contributed by atoms with E-state index in [1.165, 1.54) is 25.1 Å². The minimum Gasteiger partial charge on any atom is -0.392 e. The first-order valence-electron chi connectivity index (χ1n) is 14.7. The fraction of sp³-hybridized carbons (Fsp3) is 0.400. The normalized spacial score (nSPS) is 18.5. The molecule has 0 aliphatic carbocycles. The molecule has 0 spiro atoms. The van der Waals surface area contributed by atoms with Crippen molar-refractivity contribution in [3.63, 3.8) is 0 Å². The fourth-order valence-electron chi connectivity index (χ4n) is 6.20. The molecule has 0 bridgehead atoms. The van der Waals surface area contributed by atoms with Crippen LogP contribution in [0.2, 0.25) is 0 Å². The Kier molecular flexibility index (Phi) is 10.4. The van der Waals surface area contributed by atoms with Crippen LogP contribution in [0, 0.1) is 36.3 Å². The van der Waals surface area contributed by atoms with E-state index in [9.17, 15) is 28.3 Å². The van der Waals surface area contributed by atoms with Crippen molar-refractivity contribution in [2.45, 2.75) is 65.5 Å². The number of rotatable bonds is 12. The molecule has 1 N–H and O–H groups in total. The van der Waals surface area contributed by atoms with E-state index in [-0.39, 0.29) is 36.2 Å². The highest BCUT2D eigenvalue weighted by atomic mass is 19.1. The first-order chi connectivity index (χ1) is 20.0. The number of likely N-dealkylation sites (tertiary alicyclic amines) is 1. The number of ketones is 2. The number of nitrogens with zero attached hydrogens (tertiary/aromatic N) is 1. The van der Waals surface area contributed by atoms with Gasteiger partial charge in [0.2, 0.25) is 5.91 Å². The van der Waals surface area contributed by atoms with Crippen molar-refractivity contribution in [1.29, 1.82) is 0 Å². The van der Waals surface area contributed by atoms with E-state index in [0.717, 1.165) is 30.0 Å². The van der Waals surface area contributed by atoms with Gasteiger partial charge >= 0.3 is 0 Å². The second-order valence-electron chi connectivity index (χ2n) is 11.7. The summed E-state index contributed by atoms with van der Waals surface area (Å²) in [5.74, 6) is -3.54. The van der Waals surface area contributed by atoms with Gasteiger partial charge in [-0.15, -0.1) is 0 Å². The number of Topliss-reactive ketones (excluding diaryl/α,β-unsaturated/α-hetero) is 2. The summed E-state index contributed by atoms with van der Waals surface area (Å²) in [7, 11) is 0. The number of hydrogen-bond acceptors (Lipinski definition) is 4. The van der Waals surface area contributed by atoms with Gasteiger partial charge in [0.1, 0.15) is 11.6 Å². The average molecular weight is 576 g/mol. The summed E-state index contributed by atoms with van der Waals surface area (Å²) in [6.45, 7) is 6.30. The molecule has 1 amide bonds. The average Bonchev–Trinajstić information content (AvgIpc) is 2.93. The zero-order valence-corrected chi connectivity index (χ0v) is 24.5. The molecule has 0 saturated carbocycles. The summed E-state index contributed by atoms with van der Waals surface area (Å²) in [5, 5.41) is 11.8. The van der Waals surface area contributed by atoms with E-state index in [1.54, 1.807) is 24.0 Å². The first-order valence-corrected chi connectivity index (χ1v) is 14.7. The molecule has 0 radical (unpaired) electrons. The third-order valence-corrected chi connectivity index (χ3v) is 8.18. The molecule has 3 aromatic carbocycles. The molecule has 1 heterocycles. The summed E-state index contributed by atoms with van der Waals surface area (Å²) in [5.41, 5.74) is 2.76. The highest BCUT2D eigenvalue weighted by Gasteiger charge is 2.41. The van der Waals surface area contributed by atoms with Gasteiger partial charge in [0.25, 0.3) is 0 Å². The summed E-state index contributed by atoms with van der Waals surface area (Å²) >= 11 is 0.